The van der Waals surface area contributed by atoms with E-state index in [2.05, 4.69) is 15.4 Å². The first-order valence-electron chi connectivity index (χ1n) is 4.06. The Labute approximate surface area is 75.6 Å². The zero-order valence-electron chi connectivity index (χ0n) is 7.36. The third-order valence-electron chi connectivity index (χ3n) is 1.84. The molecule has 0 aliphatic carbocycles. The maximum Gasteiger partial charge on any atom is 0.153 e. The van der Waals surface area contributed by atoms with E-state index in [1.807, 2.05) is 25.4 Å². The van der Waals surface area contributed by atoms with Gasteiger partial charge in [0.05, 0.1) is 11.9 Å². The molecule has 0 aromatic carbocycles. The standard InChI is InChI=1S/C8H11N5/c1-10-7-2-3-8-11-6(4-9)5-13(8)12-7/h2-3,5H,4,9H2,1H3,(H,10,12). The largest absolute Gasteiger partial charge is 0.372 e. The van der Waals surface area contributed by atoms with Gasteiger partial charge in [-0.15, -0.1) is 5.10 Å². The summed E-state index contributed by atoms with van der Waals surface area (Å²) in [6.07, 6.45) is 1.83. The smallest absolute Gasteiger partial charge is 0.153 e. The van der Waals surface area contributed by atoms with Gasteiger partial charge in [0, 0.05) is 13.6 Å². The van der Waals surface area contributed by atoms with Crippen LogP contribution in [0.1, 0.15) is 5.69 Å². The lowest BCUT2D eigenvalue weighted by molar-refractivity contribution is 0.931. The SMILES string of the molecule is CNc1ccc2nc(CN)cn2n1. The highest BCUT2D eigenvalue weighted by Gasteiger charge is 2.00. The number of hydrogen-bond acceptors (Lipinski definition) is 4. The molecule has 0 saturated heterocycles. The van der Waals surface area contributed by atoms with Gasteiger partial charge in [-0.25, -0.2) is 9.50 Å². The summed E-state index contributed by atoms with van der Waals surface area (Å²) >= 11 is 0. The highest BCUT2D eigenvalue weighted by atomic mass is 15.3. The zero-order valence-corrected chi connectivity index (χ0v) is 7.36. The van der Waals surface area contributed by atoms with Crippen molar-refractivity contribution in [2.45, 2.75) is 6.54 Å². The second-order valence-electron chi connectivity index (χ2n) is 2.71. The van der Waals surface area contributed by atoms with E-state index >= 15 is 0 Å². The van der Waals surface area contributed by atoms with Crippen molar-refractivity contribution in [1.29, 1.82) is 0 Å². The molecule has 3 N–H and O–H groups in total. The molecule has 0 atom stereocenters. The maximum absolute atomic E-state index is 5.46. The molecule has 0 spiro atoms. The van der Waals surface area contributed by atoms with E-state index in [0.29, 0.717) is 6.54 Å². The summed E-state index contributed by atoms with van der Waals surface area (Å²) in [6.45, 7) is 0.443. The molecule has 2 aromatic heterocycles. The molecule has 0 fully saturated rings. The van der Waals surface area contributed by atoms with Crippen LogP contribution in [0.4, 0.5) is 5.82 Å². The first kappa shape index (κ1) is 8.00. The van der Waals surface area contributed by atoms with Crippen molar-refractivity contribution in [3.8, 4) is 0 Å². The zero-order chi connectivity index (χ0) is 9.26. The summed E-state index contributed by atoms with van der Waals surface area (Å²) < 4.78 is 1.72. The number of nitrogens with zero attached hydrogens (tertiary/aromatic N) is 3. The number of hydrogen-bond donors (Lipinski definition) is 2. The minimum absolute atomic E-state index is 0.443. The lowest BCUT2D eigenvalue weighted by Gasteiger charge is -1.97. The fourth-order valence-corrected chi connectivity index (χ4v) is 1.16. The Morgan fingerprint density at radius 2 is 2.38 bits per heavy atom. The molecule has 0 amide bonds. The van der Waals surface area contributed by atoms with Gasteiger partial charge in [0.15, 0.2) is 5.65 Å². The van der Waals surface area contributed by atoms with Crippen LogP contribution in [-0.2, 0) is 6.54 Å². The normalized spacial score (nSPS) is 10.6. The monoisotopic (exact) mass is 177 g/mol. The molecule has 0 unspecified atom stereocenters. The Morgan fingerprint density at radius 3 is 3.08 bits per heavy atom. The van der Waals surface area contributed by atoms with E-state index < -0.39 is 0 Å². The van der Waals surface area contributed by atoms with E-state index in [-0.39, 0.29) is 0 Å². The van der Waals surface area contributed by atoms with Crippen LogP contribution in [0.2, 0.25) is 0 Å². The molecule has 5 heteroatoms. The third kappa shape index (κ3) is 1.33. The lowest BCUT2D eigenvalue weighted by Crippen LogP contribution is -1.97. The van der Waals surface area contributed by atoms with Crippen molar-refractivity contribution in [1.82, 2.24) is 14.6 Å². The molecule has 2 heterocycles. The van der Waals surface area contributed by atoms with Crippen LogP contribution >= 0.6 is 0 Å². The minimum atomic E-state index is 0.443. The molecule has 2 rings (SSSR count). The number of rotatable bonds is 2. The van der Waals surface area contributed by atoms with Gasteiger partial charge in [-0.1, -0.05) is 0 Å². The van der Waals surface area contributed by atoms with Crippen LogP contribution in [0.15, 0.2) is 18.3 Å². The van der Waals surface area contributed by atoms with Crippen LogP contribution in [0, 0.1) is 0 Å². The fraction of sp³-hybridized carbons (Fsp3) is 0.250. The van der Waals surface area contributed by atoms with E-state index in [9.17, 15) is 0 Å². The van der Waals surface area contributed by atoms with Crippen molar-refractivity contribution in [3.63, 3.8) is 0 Å². The predicted octanol–water partition coefficient (Wildman–Crippen LogP) is 0.230. The number of nitrogens with one attached hydrogen (secondary N) is 1. The van der Waals surface area contributed by atoms with Crippen LogP contribution in [0.25, 0.3) is 5.65 Å². The first-order valence-corrected chi connectivity index (χ1v) is 4.06. The second kappa shape index (κ2) is 3.02. The third-order valence-corrected chi connectivity index (χ3v) is 1.84. The highest BCUT2D eigenvalue weighted by Crippen LogP contribution is 2.06. The van der Waals surface area contributed by atoms with Gasteiger partial charge in [0.1, 0.15) is 5.82 Å². The summed E-state index contributed by atoms with van der Waals surface area (Å²) in [5, 5.41) is 7.21. The van der Waals surface area contributed by atoms with Gasteiger partial charge in [0.25, 0.3) is 0 Å². The average molecular weight is 177 g/mol. The Morgan fingerprint density at radius 1 is 1.54 bits per heavy atom. The molecule has 2 aromatic rings. The van der Waals surface area contributed by atoms with E-state index in [1.165, 1.54) is 0 Å². The number of fused-ring (bicyclic) bond motifs is 1. The molecule has 0 radical (unpaired) electrons. The Kier molecular flexibility index (Phi) is 1.86. The Balaban J connectivity index is 2.57. The summed E-state index contributed by atoms with van der Waals surface area (Å²) in [7, 11) is 1.83. The van der Waals surface area contributed by atoms with Gasteiger partial charge in [0.2, 0.25) is 0 Å². The molecule has 13 heavy (non-hydrogen) atoms. The van der Waals surface area contributed by atoms with Crippen molar-refractivity contribution < 1.29 is 0 Å². The molecule has 0 aliphatic rings. The maximum atomic E-state index is 5.46. The van der Waals surface area contributed by atoms with Crippen molar-refractivity contribution in [2.75, 3.05) is 12.4 Å². The minimum Gasteiger partial charge on any atom is -0.372 e. The van der Waals surface area contributed by atoms with E-state index in [1.54, 1.807) is 4.52 Å². The van der Waals surface area contributed by atoms with Crippen LogP contribution in [0.5, 0.6) is 0 Å². The molecular weight excluding hydrogens is 166 g/mol. The van der Waals surface area contributed by atoms with Gasteiger partial charge < -0.3 is 11.1 Å². The Bertz CT molecular complexity index is 417. The van der Waals surface area contributed by atoms with Crippen molar-refractivity contribution >= 4 is 11.5 Å². The van der Waals surface area contributed by atoms with E-state index in [0.717, 1.165) is 17.2 Å². The van der Waals surface area contributed by atoms with Gasteiger partial charge in [-0.2, -0.15) is 0 Å². The van der Waals surface area contributed by atoms with Gasteiger partial charge in [-0.3, -0.25) is 0 Å². The molecule has 0 saturated carbocycles. The molecule has 0 bridgehead atoms. The number of anilines is 1. The summed E-state index contributed by atoms with van der Waals surface area (Å²) in [5.74, 6) is 0.813. The quantitative estimate of drug-likeness (QED) is 0.689. The molecule has 0 aliphatic heterocycles. The number of nitrogens with two attached hydrogens (primary N) is 1. The summed E-state index contributed by atoms with van der Waals surface area (Å²) in [4.78, 5) is 4.25. The second-order valence-corrected chi connectivity index (χ2v) is 2.71. The van der Waals surface area contributed by atoms with Crippen LogP contribution in [0.3, 0.4) is 0 Å². The van der Waals surface area contributed by atoms with Crippen LogP contribution in [-0.4, -0.2) is 21.6 Å². The van der Waals surface area contributed by atoms with Crippen molar-refractivity contribution in [2.24, 2.45) is 5.73 Å². The number of aromatic nitrogens is 3. The van der Waals surface area contributed by atoms with E-state index in [4.69, 9.17) is 5.73 Å². The Hall–Kier alpha value is -1.62. The lowest BCUT2D eigenvalue weighted by atomic mass is 10.5. The van der Waals surface area contributed by atoms with Crippen LogP contribution < -0.4 is 11.1 Å². The molecule has 5 nitrogen and oxygen atoms in total. The average Bonchev–Trinajstić information content (AvgIpc) is 2.58. The topological polar surface area (TPSA) is 68.2 Å². The highest BCUT2D eigenvalue weighted by molar-refractivity contribution is 5.44. The summed E-state index contributed by atoms with van der Waals surface area (Å²) in [5.41, 5.74) is 7.13. The summed E-state index contributed by atoms with van der Waals surface area (Å²) in [6, 6.07) is 3.78. The van der Waals surface area contributed by atoms with Crippen molar-refractivity contribution in [3.05, 3.63) is 24.0 Å². The number of imidazole rings is 1. The first-order chi connectivity index (χ1) is 6.33. The van der Waals surface area contributed by atoms with Gasteiger partial charge >= 0.3 is 0 Å². The van der Waals surface area contributed by atoms with Gasteiger partial charge in [-0.05, 0) is 12.1 Å². The molecule has 68 valence electrons. The fourth-order valence-electron chi connectivity index (χ4n) is 1.16. The predicted molar refractivity (Wildman–Crippen MR) is 50.4 cm³/mol. The molecular formula is C8H11N5.